The topological polar surface area (TPSA) is 70.7 Å². The molecule has 1 aliphatic heterocycles. The Kier molecular flexibility index (Phi) is 7.29. The van der Waals surface area contributed by atoms with Crippen molar-refractivity contribution in [3.05, 3.63) is 29.8 Å². The van der Waals surface area contributed by atoms with E-state index in [1.54, 1.807) is 0 Å². The second-order valence-electron chi connectivity index (χ2n) is 6.79. The number of hydrogen-bond acceptors (Lipinski definition) is 4. The fraction of sp³-hybridized carbons (Fsp3) is 0.579. The van der Waals surface area contributed by atoms with Crippen molar-refractivity contribution in [2.24, 2.45) is 0 Å². The minimum atomic E-state index is -0.593. The number of ether oxygens (including phenoxy) is 1. The number of hydrogen-bond donors (Lipinski definition) is 2. The van der Waals surface area contributed by atoms with Gasteiger partial charge in [0.05, 0.1) is 6.61 Å². The highest BCUT2D eigenvalue weighted by molar-refractivity contribution is 6.07. The maximum Gasteiger partial charge on any atom is 0.325 e. The monoisotopic (exact) mass is 381 g/mol. The van der Waals surface area contributed by atoms with Gasteiger partial charge in [0.15, 0.2) is 0 Å². The predicted octanol–water partition coefficient (Wildman–Crippen LogP) is 2.85. The van der Waals surface area contributed by atoms with Crippen LogP contribution in [-0.4, -0.2) is 42.1 Å². The van der Waals surface area contributed by atoms with Gasteiger partial charge in [-0.1, -0.05) is 25.0 Å². The number of imide groups is 1. The Hall–Kier alpha value is -1.79. The second-order valence-corrected chi connectivity index (χ2v) is 6.79. The van der Waals surface area contributed by atoms with Crippen LogP contribution in [0, 0.1) is 0 Å². The van der Waals surface area contributed by atoms with Gasteiger partial charge in [-0.3, -0.25) is 9.69 Å². The zero-order chi connectivity index (χ0) is 17.7. The maximum atomic E-state index is 12.5. The van der Waals surface area contributed by atoms with Crippen molar-refractivity contribution < 1.29 is 14.3 Å². The van der Waals surface area contributed by atoms with Crippen LogP contribution < -0.4 is 15.4 Å². The Labute approximate surface area is 161 Å². The van der Waals surface area contributed by atoms with Gasteiger partial charge < -0.3 is 15.4 Å². The van der Waals surface area contributed by atoms with Crippen molar-refractivity contribution in [2.75, 3.05) is 19.7 Å². The molecule has 2 N–H and O–H groups in total. The van der Waals surface area contributed by atoms with Crippen LogP contribution in [0.25, 0.3) is 0 Å². The molecule has 1 aliphatic carbocycles. The molecule has 1 aromatic rings. The Morgan fingerprint density at radius 2 is 2.04 bits per heavy atom. The minimum absolute atomic E-state index is 0. The van der Waals surface area contributed by atoms with E-state index in [1.165, 1.54) is 4.90 Å². The van der Waals surface area contributed by atoms with Gasteiger partial charge in [0, 0.05) is 13.1 Å². The lowest BCUT2D eigenvalue weighted by atomic mass is 9.98. The molecular formula is C19H28ClN3O3. The molecular weight excluding hydrogens is 354 g/mol. The zero-order valence-electron chi connectivity index (χ0n) is 15.3. The number of halogens is 1. The van der Waals surface area contributed by atoms with E-state index in [4.69, 9.17) is 4.74 Å². The summed E-state index contributed by atoms with van der Waals surface area (Å²) in [5.74, 6) is 0.849. The normalized spacial score (nSPS) is 18.1. The molecule has 1 heterocycles. The summed E-state index contributed by atoms with van der Waals surface area (Å²) in [6.07, 6.45) is 4.34. The van der Waals surface area contributed by atoms with Gasteiger partial charge in [0.1, 0.15) is 11.3 Å². The summed E-state index contributed by atoms with van der Waals surface area (Å²) >= 11 is 0. The molecule has 0 unspecified atom stereocenters. The van der Waals surface area contributed by atoms with Crippen molar-refractivity contribution in [2.45, 2.75) is 51.1 Å². The highest BCUT2D eigenvalue weighted by Gasteiger charge is 2.51. The van der Waals surface area contributed by atoms with Crippen molar-refractivity contribution in [3.63, 3.8) is 0 Å². The predicted molar refractivity (Wildman–Crippen MR) is 103 cm³/mol. The van der Waals surface area contributed by atoms with E-state index in [0.717, 1.165) is 56.5 Å². The molecule has 0 bridgehead atoms. The summed E-state index contributed by atoms with van der Waals surface area (Å²) in [6.45, 7) is 4.59. The first-order valence-corrected chi connectivity index (χ1v) is 9.21. The SMILES string of the molecule is CCOc1cccc(CNCCCN2C(=O)NC3(CCCC3)C2=O)c1.Cl. The van der Waals surface area contributed by atoms with Crippen LogP contribution in [0.15, 0.2) is 24.3 Å². The number of carbonyl (C=O) groups excluding carboxylic acids is 2. The first-order valence-electron chi connectivity index (χ1n) is 9.21. The van der Waals surface area contributed by atoms with E-state index in [9.17, 15) is 9.59 Å². The second kappa shape index (κ2) is 9.24. The summed E-state index contributed by atoms with van der Waals surface area (Å²) in [6, 6.07) is 7.78. The Morgan fingerprint density at radius 1 is 1.27 bits per heavy atom. The van der Waals surface area contributed by atoms with Crippen LogP contribution in [0.3, 0.4) is 0 Å². The molecule has 0 atom stereocenters. The zero-order valence-corrected chi connectivity index (χ0v) is 16.1. The quantitative estimate of drug-likeness (QED) is 0.536. The Balaban J connectivity index is 0.00000243. The highest BCUT2D eigenvalue weighted by atomic mass is 35.5. The molecule has 3 amide bonds. The molecule has 2 aliphatic rings. The van der Waals surface area contributed by atoms with Gasteiger partial charge in [-0.05, 0) is 50.4 Å². The largest absolute Gasteiger partial charge is 0.494 e. The third-order valence-corrected chi connectivity index (χ3v) is 4.98. The summed E-state index contributed by atoms with van der Waals surface area (Å²) in [5.41, 5.74) is 0.565. The van der Waals surface area contributed by atoms with Crippen molar-refractivity contribution in [1.82, 2.24) is 15.5 Å². The number of benzene rings is 1. The molecule has 2 fully saturated rings. The van der Waals surface area contributed by atoms with Crippen LogP contribution in [0.4, 0.5) is 4.79 Å². The molecule has 26 heavy (non-hydrogen) atoms. The fourth-order valence-electron chi connectivity index (χ4n) is 3.70. The number of amides is 3. The molecule has 0 radical (unpaired) electrons. The van der Waals surface area contributed by atoms with E-state index >= 15 is 0 Å². The molecule has 1 saturated carbocycles. The van der Waals surface area contributed by atoms with Gasteiger partial charge in [-0.2, -0.15) is 0 Å². The van der Waals surface area contributed by atoms with E-state index in [-0.39, 0.29) is 24.3 Å². The van der Waals surface area contributed by atoms with Crippen LogP contribution in [0.2, 0.25) is 0 Å². The summed E-state index contributed by atoms with van der Waals surface area (Å²) in [4.78, 5) is 26.0. The maximum absolute atomic E-state index is 12.5. The average Bonchev–Trinajstić information content (AvgIpc) is 3.15. The Morgan fingerprint density at radius 3 is 2.77 bits per heavy atom. The Bertz CT molecular complexity index is 632. The van der Waals surface area contributed by atoms with E-state index in [0.29, 0.717) is 13.2 Å². The lowest BCUT2D eigenvalue weighted by molar-refractivity contribution is -0.131. The van der Waals surface area contributed by atoms with Crippen LogP contribution in [0.1, 0.15) is 44.6 Å². The van der Waals surface area contributed by atoms with Gasteiger partial charge in [0.25, 0.3) is 5.91 Å². The number of nitrogens with one attached hydrogen (secondary N) is 2. The molecule has 144 valence electrons. The molecule has 1 saturated heterocycles. The van der Waals surface area contributed by atoms with E-state index in [1.807, 2.05) is 25.1 Å². The summed E-state index contributed by atoms with van der Waals surface area (Å²) < 4.78 is 5.49. The molecule has 6 nitrogen and oxygen atoms in total. The first kappa shape index (κ1) is 20.5. The van der Waals surface area contributed by atoms with Gasteiger partial charge in [-0.15, -0.1) is 12.4 Å². The van der Waals surface area contributed by atoms with Gasteiger partial charge >= 0.3 is 6.03 Å². The molecule has 0 aromatic heterocycles. The van der Waals surface area contributed by atoms with E-state index in [2.05, 4.69) is 16.7 Å². The number of urea groups is 1. The van der Waals surface area contributed by atoms with Crippen molar-refractivity contribution in [3.8, 4) is 5.75 Å². The number of rotatable bonds is 8. The number of nitrogens with zero attached hydrogens (tertiary/aromatic N) is 1. The molecule has 3 rings (SSSR count). The van der Waals surface area contributed by atoms with E-state index < -0.39 is 5.54 Å². The van der Waals surface area contributed by atoms with Gasteiger partial charge in [0.2, 0.25) is 0 Å². The van der Waals surface area contributed by atoms with Crippen LogP contribution in [-0.2, 0) is 11.3 Å². The lowest BCUT2D eigenvalue weighted by Crippen LogP contribution is -2.44. The summed E-state index contributed by atoms with van der Waals surface area (Å²) in [5, 5.41) is 6.28. The fourth-order valence-corrected chi connectivity index (χ4v) is 3.70. The van der Waals surface area contributed by atoms with Crippen LogP contribution in [0.5, 0.6) is 5.75 Å². The number of carbonyl (C=O) groups is 2. The van der Waals surface area contributed by atoms with Gasteiger partial charge in [-0.25, -0.2) is 4.79 Å². The molecule has 1 spiro atoms. The average molecular weight is 382 g/mol. The molecule has 1 aromatic carbocycles. The van der Waals surface area contributed by atoms with Crippen molar-refractivity contribution in [1.29, 1.82) is 0 Å². The smallest absolute Gasteiger partial charge is 0.325 e. The molecule has 7 heteroatoms. The summed E-state index contributed by atoms with van der Waals surface area (Å²) in [7, 11) is 0. The lowest BCUT2D eigenvalue weighted by Gasteiger charge is -2.20. The minimum Gasteiger partial charge on any atom is -0.494 e. The highest BCUT2D eigenvalue weighted by Crippen LogP contribution is 2.34. The third-order valence-electron chi connectivity index (χ3n) is 4.98. The first-order chi connectivity index (χ1) is 12.1. The standard InChI is InChI=1S/C19H27N3O3.ClH/c1-2-25-16-8-5-7-15(13-16)14-20-11-6-12-22-17(23)19(21-18(22)24)9-3-4-10-19;/h5,7-8,13,20H,2-4,6,9-12,14H2,1H3,(H,21,24);1H. The van der Waals surface area contributed by atoms with Crippen molar-refractivity contribution >= 4 is 24.3 Å². The third kappa shape index (κ3) is 4.48. The van der Waals surface area contributed by atoms with Crippen LogP contribution >= 0.6 is 12.4 Å².